The fourth-order valence-electron chi connectivity index (χ4n) is 4.57. The maximum absolute atomic E-state index is 14.9. The highest BCUT2D eigenvalue weighted by Crippen LogP contribution is 2.34. The fraction of sp³-hybridized carbons (Fsp3) is 0.333. The molecule has 2 aromatic carbocycles. The van der Waals surface area contributed by atoms with E-state index in [1.165, 1.54) is 25.2 Å². The van der Waals surface area contributed by atoms with Crippen molar-refractivity contribution in [3.63, 3.8) is 0 Å². The minimum atomic E-state index is -0.567. The third kappa shape index (κ3) is 5.01. The standard InChI is InChI=1S/C27H30FN3O4/c1-4-11-30(27(33)19-15-20(34-2)17-21(16-19)35-3)18-25(32)31-14-13-29-12-7-10-24(29)26(31)22-8-5-6-9-23(22)28/h5-10,12,15-17,26H,4,11,13-14,18H2,1-3H3. The van der Waals surface area contributed by atoms with Crippen LogP contribution >= 0.6 is 0 Å². The van der Waals surface area contributed by atoms with Gasteiger partial charge in [-0.2, -0.15) is 0 Å². The van der Waals surface area contributed by atoms with E-state index < -0.39 is 6.04 Å². The molecule has 0 N–H and O–H groups in total. The van der Waals surface area contributed by atoms with Crippen molar-refractivity contribution in [2.45, 2.75) is 25.9 Å². The molecule has 1 aliphatic rings. The molecular formula is C27H30FN3O4. The van der Waals surface area contributed by atoms with Gasteiger partial charge in [0.25, 0.3) is 5.91 Å². The molecule has 0 saturated heterocycles. The number of hydrogen-bond acceptors (Lipinski definition) is 4. The van der Waals surface area contributed by atoms with Gasteiger partial charge in [-0.3, -0.25) is 9.59 Å². The Morgan fingerprint density at radius 2 is 1.74 bits per heavy atom. The SMILES string of the molecule is CCCN(CC(=O)N1CCn2cccc2C1c1ccccc1F)C(=O)c1cc(OC)cc(OC)c1. The lowest BCUT2D eigenvalue weighted by molar-refractivity contribution is -0.134. The first kappa shape index (κ1) is 24.3. The number of ether oxygens (including phenoxy) is 2. The first-order valence-corrected chi connectivity index (χ1v) is 11.7. The normalized spacial score (nSPS) is 14.9. The zero-order valence-corrected chi connectivity index (χ0v) is 20.2. The lowest BCUT2D eigenvalue weighted by Crippen LogP contribution is -2.48. The number of aromatic nitrogens is 1. The van der Waals surface area contributed by atoms with Gasteiger partial charge in [0, 0.05) is 48.7 Å². The van der Waals surface area contributed by atoms with Crippen LogP contribution in [0.15, 0.2) is 60.8 Å². The van der Waals surface area contributed by atoms with Crippen LogP contribution in [0.1, 0.15) is 41.0 Å². The van der Waals surface area contributed by atoms with Crippen LogP contribution in [0.4, 0.5) is 4.39 Å². The Bertz CT molecular complexity index is 1190. The zero-order valence-electron chi connectivity index (χ0n) is 20.2. The number of nitrogens with zero attached hydrogens (tertiary/aromatic N) is 3. The molecular weight excluding hydrogens is 449 g/mol. The van der Waals surface area contributed by atoms with E-state index in [0.717, 1.165) is 5.69 Å². The van der Waals surface area contributed by atoms with Crippen LogP contribution in [0.25, 0.3) is 0 Å². The zero-order chi connectivity index (χ0) is 24.9. The van der Waals surface area contributed by atoms with Gasteiger partial charge in [-0.15, -0.1) is 0 Å². The molecule has 0 saturated carbocycles. The van der Waals surface area contributed by atoms with E-state index in [4.69, 9.17) is 9.47 Å². The highest BCUT2D eigenvalue weighted by molar-refractivity contribution is 5.97. The predicted octanol–water partition coefficient (Wildman–Crippen LogP) is 4.13. The van der Waals surface area contributed by atoms with Crippen molar-refractivity contribution in [2.75, 3.05) is 33.9 Å². The average molecular weight is 480 g/mol. The molecule has 0 spiro atoms. The third-order valence-electron chi connectivity index (χ3n) is 6.26. The Labute approximate surface area is 204 Å². The van der Waals surface area contributed by atoms with Crippen LogP contribution in [-0.2, 0) is 11.3 Å². The van der Waals surface area contributed by atoms with Crippen molar-refractivity contribution in [2.24, 2.45) is 0 Å². The fourth-order valence-corrected chi connectivity index (χ4v) is 4.57. The van der Waals surface area contributed by atoms with E-state index in [0.29, 0.717) is 48.7 Å². The van der Waals surface area contributed by atoms with E-state index in [1.807, 2.05) is 29.8 Å². The van der Waals surface area contributed by atoms with Gasteiger partial charge in [0.2, 0.25) is 5.91 Å². The minimum Gasteiger partial charge on any atom is -0.497 e. The van der Waals surface area contributed by atoms with E-state index >= 15 is 0 Å². The first-order chi connectivity index (χ1) is 17.0. The molecule has 1 aliphatic heterocycles. The number of hydrogen-bond donors (Lipinski definition) is 0. The summed E-state index contributed by atoms with van der Waals surface area (Å²) in [6.07, 6.45) is 2.62. The molecule has 1 unspecified atom stereocenters. The quantitative estimate of drug-likeness (QED) is 0.488. The first-order valence-electron chi connectivity index (χ1n) is 11.7. The van der Waals surface area contributed by atoms with E-state index in [-0.39, 0.29) is 24.2 Å². The van der Waals surface area contributed by atoms with Gasteiger partial charge in [0.15, 0.2) is 0 Å². The molecule has 2 amide bonds. The number of benzene rings is 2. The monoisotopic (exact) mass is 479 g/mol. The number of halogens is 1. The summed E-state index contributed by atoms with van der Waals surface area (Å²) >= 11 is 0. The maximum atomic E-state index is 14.9. The largest absolute Gasteiger partial charge is 0.497 e. The summed E-state index contributed by atoms with van der Waals surface area (Å²) in [5, 5.41) is 0. The second-order valence-electron chi connectivity index (χ2n) is 8.47. The molecule has 184 valence electrons. The van der Waals surface area contributed by atoms with Gasteiger partial charge in [-0.1, -0.05) is 25.1 Å². The van der Waals surface area contributed by atoms with E-state index in [9.17, 15) is 14.0 Å². The second kappa shape index (κ2) is 10.6. The van der Waals surface area contributed by atoms with Crippen LogP contribution in [0, 0.1) is 5.82 Å². The molecule has 8 heteroatoms. The van der Waals surface area contributed by atoms with Gasteiger partial charge in [-0.05, 0) is 36.8 Å². The molecule has 0 aliphatic carbocycles. The van der Waals surface area contributed by atoms with Crippen molar-refractivity contribution >= 4 is 11.8 Å². The summed E-state index contributed by atoms with van der Waals surface area (Å²) in [5.41, 5.74) is 1.66. The number of amides is 2. The van der Waals surface area contributed by atoms with Gasteiger partial charge in [0.05, 0.1) is 14.2 Å². The average Bonchev–Trinajstić information content (AvgIpc) is 3.36. The van der Waals surface area contributed by atoms with Gasteiger partial charge in [0.1, 0.15) is 29.9 Å². The van der Waals surface area contributed by atoms with Gasteiger partial charge < -0.3 is 23.8 Å². The molecule has 1 atom stereocenters. The topological polar surface area (TPSA) is 64.0 Å². The number of carbonyl (C=O) groups is 2. The van der Waals surface area contributed by atoms with E-state index in [1.54, 1.807) is 41.3 Å². The Balaban J connectivity index is 1.63. The molecule has 35 heavy (non-hydrogen) atoms. The summed E-state index contributed by atoms with van der Waals surface area (Å²) in [6, 6.07) is 14.7. The van der Waals surface area contributed by atoms with Crippen LogP contribution in [-0.4, -0.2) is 60.0 Å². The molecule has 3 aromatic rings. The summed E-state index contributed by atoms with van der Waals surface area (Å²) in [5.74, 6) is 0.0938. The Kier molecular flexibility index (Phi) is 7.39. The van der Waals surface area contributed by atoms with Crippen LogP contribution in [0.2, 0.25) is 0 Å². The summed E-state index contributed by atoms with van der Waals surface area (Å²) in [4.78, 5) is 30.3. The van der Waals surface area contributed by atoms with Gasteiger partial charge >= 0.3 is 0 Å². The summed E-state index contributed by atoms with van der Waals surface area (Å²) < 4.78 is 27.5. The molecule has 4 rings (SSSR count). The minimum absolute atomic E-state index is 0.113. The Hall–Kier alpha value is -3.81. The Morgan fingerprint density at radius 3 is 2.40 bits per heavy atom. The highest BCUT2D eigenvalue weighted by atomic mass is 19.1. The molecule has 0 radical (unpaired) electrons. The van der Waals surface area contributed by atoms with Crippen molar-refractivity contribution in [1.29, 1.82) is 0 Å². The van der Waals surface area contributed by atoms with Crippen molar-refractivity contribution in [3.8, 4) is 11.5 Å². The third-order valence-corrected chi connectivity index (χ3v) is 6.26. The lowest BCUT2D eigenvalue weighted by Gasteiger charge is -2.38. The maximum Gasteiger partial charge on any atom is 0.254 e. The van der Waals surface area contributed by atoms with Crippen molar-refractivity contribution in [3.05, 3.63) is 83.4 Å². The van der Waals surface area contributed by atoms with Crippen molar-refractivity contribution < 1.29 is 23.5 Å². The summed E-state index contributed by atoms with van der Waals surface area (Å²) in [7, 11) is 3.04. The van der Waals surface area contributed by atoms with Crippen LogP contribution in [0.3, 0.4) is 0 Å². The van der Waals surface area contributed by atoms with Crippen LogP contribution < -0.4 is 9.47 Å². The van der Waals surface area contributed by atoms with Crippen LogP contribution in [0.5, 0.6) is 11.5 Å². The number of carbonyl (C=O) groups excluding carboxylic acids is 2. The molecule has 2 heterocycles. The molecule has 0 fully saturated rings. The van der Waals surface area contributed by atoms with E-state index in [2.05, 4.69) is 0 Å². The molecule has 7 nitrogen and oxygen atoms in total. The predicted molar refractivity (Wildman–Crippen MR) is 130 cm³/mol. The van der Waals surface area contributed by atoms with Gasteiger partial charge in [-0.25, -0.2) is 4.39 Å². The number of methoxy groups -OCH3 is 2. The highest BCUT2D eigenvalue weighted by Gasteiger charge is 2.34. The lowest BCUT2D eigenvalue weighted by atomic mass is 9.99. The number of fused-ring (bicyclic) bond motifs is 1. The smallest absolute Gasteiger partial charge is 0.254 e. The second-order valence-corrected chi connectivity index (χ2v) is 8.47. The number of rotatable bonds is 8. The molecule has 1 aromatic heterocycles. The molecule has 0 bridgehead atoms. The van der Waals surface area contributed by atoms with Crippen molar-refractivity contribution in [1.82, 2.24) is 14.4 Å². The Morgan fingerprint density at radius 1 is 1.03 bits per heavy atom. The summed E-state index contributed by atoms with van der Waals surface area (Å²) in [6.45, 7) is 3.26.